The number of carbonyl (C=O) groups is 1. The highest BCUT2D eigenvalue weighted by Gasteiger charge is 2.02. The normalized spacial score (nSPS) is 10.0. The summed E-state index contributed by atoms with van der Waals surface area (Å²) in [5.41, 5.74) is 1.62. The first-order chi connectivity index (χ1) is 9.13. The van der Waals surface area contributed by atoms with Crippen LogP contribution in [0, 0.1) is 0 Å². The van der Waals surface area contributed by atoms with Gasteiger partial charge < -0.3 is 10.6 Å². The van der Waals surface area contributed by atoms with Gasteiger partial charge in [-0.25, -0.2) is 0 Å². The molecule has 0 bridgehead atoms. The van der Waals surface area contributed by atoms with Crippen molar-refractivity contribution in [1.82, 2.24) is 0 Å². The van der Waals surface area contributed by atoms with Crippen molar-refractivity contribution in [3.05, 3.63) is 58.0 Å². The minimum Gasteiger partial charge on any atom is -0.376 e. The second-order valence-electron chi connectivity index (χ2n) is 3.92. The Bertz CT molecular complexity index is 572. The summed E-state index contributed by atoms with van der Waals surface area (Å²) in [7, 11) is 0. The molecule has 19 heavy (non-hydrogen) atoms. The molecule has 0 atom stereocenters. The lowest BCUT2D eigenvalue weighted by Gasteiger charge is -2.08. The molecule has 0 radical (unpaired) electrons. The molecule has 0 saturated heterocycles. The Morgan fingerprint density at radius 2 is 1.84 bits per heavy atom. The minimum absolute atomic E-state index is 0.104. The summed E-state index contributed by atoms with van der Waals surface area (Å²) in [6, 6.07) is 14.7. The topological polar surface area (TPSA) is 41.1 Å². The van der Waals surface area contributed by atoms with Crippen LogP contribution in [-0.4, -0.2) is 12.5 Å². The number of hydrogen-bond acceptors (Lipinski definition) is 2. The maximum absolute atomic E-state index is 11.7. The van der Waals surface area contributed by atoms with E-state index in [1.54, 1.807) is 12.1 Å². The zero-order chi connectivity index (χ0) is 13.7. The molecule has 0 fully saturated rings. The molecule has 0 unspecified atom stereocenters. The second-order valence-corrected chi connectivity index (χ2v) is 5.27. The van der Waals surface area contributed by atoms with Crippen LogP contribution >= 0.6 is 27.5 Å². The van der Waals surface area contributed by atoms with Crippen LogP contribution in [0.3, 0.4) is 0 Å². The quantitative estimate of drug-likeness (QED) is 0.878. The number of amides is 1. The fourth-order valence-corrected chi connectivity index (χ4v) is 2.05. The zero-order valence-electron chi connectivity index (χ0n) is 9.99. The molecule has 0 aliphatic rings. The maximum Gasteiger partial charge on any atom is 0.243 e. The van der Waals surface area contributed by atoms with Crippen molar-refractivity contribution in [2.24, 2.45) is 0 Å². The van der Waals surface area contributed by atoms with Gasteiger partial charge >= 0.3 is 0 Å². The average Bonchev–Trinajstić information content (AvgIpc) is 2.38. The summed E-state index contributed by atoms with van der Waals surface area (Å²) >= 11 is 9.14. The van der Waals surface area contributed by atoms with Gasteiger partial charge in [0, 0.05) is 20.9 Å². The zero-order valence-corrected chi connectivity index (χ0v) is 12.3. The van der Waals surface area contributed by atoms with Crippen LogP contribution in [0.5, 0.6) is 0 Å². The predicted octanol–water partition coefficient (Wildman–Crippen LogP) is 4.15. The van der Waals surface area contributed by atoms with E-state index >= 15 is 0 Å². The number of rotatable bonds is 4. The van der Waals surface area contributed by atoms with Gasteiger partial charge in [-0.3, -0.25) is 4.79 Å². The number of halogens is 2. The third-order valence-corrected chi connectivity index (χ3v) is 3.15. The molecular formula is C14H12BrClN2O. The second kappa shape index (κ2) is 6.59. The molecule has 0 aromatic heterocycles. The first kappa shape index (κ1) is 13.9. The largest absolute Gasteiger partial charge is 0.376 e. The molecule has 5 heteroatoms. The van der Waals surface area contributed by atoms with Crippen LogP contribution in [-0.2, 0) is 4.79 Å². The molecule has 1 amide bonds. The van der Waals surface area contributed by atoms with Gasteiger partial charge in [0.15, 0.2) is 0 Å². The van der Waals surface area contributed by atoms with Crippen LogP contribution in [0.4, 0.5) is 11.4 Å². The Hall–Kier alpha value is -1.52. The van der Waals surface area contributed by atoms with Crippen LogP contribution in [0.25, 0.3) is 0 Å². The lowest BCUT2D eigenvalue weighted by Crippen LogP contribution is -2.21. The molecular weight excluding hydrogens is 328 g/mol. The minimum atomic E-state index is -0.104. The van der Waals surface area contributed by atoms with Gasteiger partial charge in [0.1, 0.15) is 0 Å². The lowest BCUT2D eigenvalue weighted by molar-refractivity contribution is -0.114. The molecule has 2 aromatic carbocycles. The number of anilines is 2. The number of carbonyl (C=O) groups excluding carboxylic acids is 1. The summed E-state index contributed by atoms with van der Waals surface area (Å²) in [6.07, 6.45) is 0. The van der Waals surface area contributed by atoms with Crippen molar-refractivity contribution < 1.29 is 4.79 Å². The van der Waals surface area contributed by atoms with Crippen molar-refractivity contribution in [2.75, 3.05) is 17.2 Å². The maximum atomic E-state index is 11.7. The van der Waals surface area contributed by atoms with E-state index in [4.69, 9.17) is 11.6 Å². The van der Waals surface area contributed by atoms with E-state index in [1.165, 1.54) is 0 Å². The van der Waals surface area contributed by atoms with Crippen molar-refractivity contribution in [3.8, 4) is 0 Å². The smallest absolute Gasteiger partial charge is 0.243 e. The van der Waals surface area contributed by atoms with E-state index in [0.29, 0.717) is 5.02 Å². The van der Waals surface area contributed by atoms with Crippen LogP contribution in [0.15, 0.2) is 53.0 Å². The van der Waals surface area contributed by atoms with E-state index in [0.717, 1.165) is 15.8 Å². The first-order valence-corrected chi connectivity index (χ1v) is 6.85. The molecule has 2 N–H and O–H groups in total. The first-order valence-electron chi connectivity index (χ1n) is 5.68. The van der Waals surface area contributed by atoms with E-state index in [-0.39, 0.29) is 12.5 Å². The molecule has 98 valence electrons. The van der Waals surface area contributed by atoms with Crippen LogP contribution < -0.4 is 10.6 Å². The molecule has 0 aliphatic carbocycles. The van der Waals surface area contributed by atoms with Gasteiger partial charge in [-0.1, -0.05) is 33.6 Å². The molecule has 0 saturated carbocycles. The summed E-state index contributed by atoms with van der Waals surface area (Å²) in [6.45, 7) is 0.203. The van der Waals surface area contributed by atoms with Gasteiger partial charge in [-0.05, 0) is 42.5 Å². The number of benzene rings is 2. The fourth-order valence-electron chi connectivity index (χ4n) is 1.52. The van der Waals surface area contributed by atoms with E-state index in [1.807, 2.05) is 36.4 Å². The highest BCUT2D eigenvalue weighted by Crippen LogP contribution is 2.16. The lowest BCUT2D eigenvalue weighted by atomic mass is 10.3. The third-order valence-electron chi connectivity index (χ3n) is 2.41. The number of hydrogen-bond donors (Lipinski definition) is 2. The highest BCUT2D eigenvalue weighted by atomic mass is 79.9. The Morgan fingerprint density at radius 1 is 1.11 bits per heavy atom. The van der Waals surface area contributed by atoms with Crippen LogP contribution in [0.1, 0.15) is 0 Å². The Labute approximate surface area is 125 Å². The summed E-state index contributed by atoms with van der Waals surface area (Å²) in [5.74, 6) is -0.104. The van der Waals surface area contributed by atoms with Crippen molar-refractivity contribution in [2.45, 2.75) is 0 Å². The van der Waals surface area contributed by atoms with Gasteiger partial charge in [0.25, 0.3) is 0 Å². The standard InChI is InChI=1S/C14H12BrClN2O/c15-10-2-1-3-13(8-10)18-14(19)9-17-12-6-4-11(16)5-7-12/h1-8,17H,9H2,(H,18,19). The SMILES string of the molecule is O=C(CNc1ccc(Cl)cc1)Nc1cccc(Br)c1. The summed E-state index contributed by atoms with van der Waals surface area (Å²) in [5, 5.41) is 6.50. The van der Waals surface area contributed by atoms with Gasteiger partial charge in [-0.2, -0.15) is 0 Å². The van der Waals surface area contributed by atoms with E-state index in [9.17, 15) is 4.79 Å². The highest BCUT2D eigenvalue weighted by molar-refractivity contribution is 9.10. The fraction of sp³-hybridized carbons (Fsp3) is 0.0714. The molecule has 0 spiro atoms. The molecule has 0 aliphatic heterocycles. The Balaban J connectivity index is 1.86. The Morgan fingerprint density at radius 3 is 2.53 bits per heavy atom. The predicted molar refractivity (Wildman–Crippen MR) is 82.7 cm³/mol. The molecule has 2 rings (SSSR count). The molecule has 3 nitrogen and oxygen atoms in total. The van der Waals surface area contributed by atoms with E-state index < -0.39 is 0 Å². The summed E-state index contributed by atoms with van der Waals surface area (Å²) in [4.78, 5) is 11.7. The van der Waals surface area contributed by atoms with Crippen molar-refractivity contribution in [3.63, 3.8) is 0 Å². The van der Waals surface area contributed by atoms with Gasteiger partial charge in [0.05, 0.1) is 6.54 Å². The number of nitrogens with one attached hydrogen (secondary N) is 2. The molecule has 0 heterocycles. The van der Waals surface area contributed by atoms with Gasteiger partial charge in [0.2, 0.25) is 5.91 Å². The molecule has 2 aromatic rings. The Kier molecular flexibility index (Phi) is 4.82. The third kappa shape index (κ3) is 4.58. The van der Waals surface area contributed by atoms with Gasteiger partial charge in [-0.15, -0.1) is 0 Å². The van der Waals surface area contributed by atoms with Crippen molar-refractivity contribution >= 4 is 44.8 Å². The average molecular weight is 340 g/mol. The van der Waals surface area contributed by atoms with Crippen LogP contribution in [0.2, 0.25) is 5.02 Å². The van der Waals surface area contributed by atoms with E-state index in [2.05, 4.69) is 26.6 Å². The van der Waals surface area contributed by atoms with Crippen molar-refractivity contribution in [1.29, 1.82) is 0 Å². The summed E-state index contributed by atoms with van der Waals surface area (Å²) < 4.78 is 0.927. The monoisotopic (exact) mass is 338 g/mol.